The predicted molar refractivity (Wildman–Crippen MR) is 90.9 cm³/mol. The van der Waals surface area contributed by atoms with Crippen LogP contribution in [0.15, 0.2) is 18.2 Å². The van der Waals surface area contributed by atoms with Gasteiger partial charge in [-0.15, -0.1) is 0 Å². The van der Waals surface area contributed by atoms with Gasteiger partial charge in [-0.05, 0) is 55.7 Å². The molecule has 0 aromatic heterocycles. The minimum Gasteiger partial charge on any atom is -0.371 e. The van der Waals surface area contributed by atoms with Crippen LogP contribution in [0.3, 0.4) is 0 Å². The zero-order valence-electron chi connectivity index (χ0n) is 13.7. The van der Waals surface area contributed by atoms with E-state index in [1.165, 1.54) is 68.4 Å². The molecule has 0 spiro atoms. The summed E-state index contributed by atoms with van der Waals surface area (Å²) in [6.07, 6.45) is 8.23. The van der Waals surface area contributed by atoms with Gasteiger partial charge >= 0.3 is 0 Å². The van der Waals surface area contributed by atoms with Crippen LogP contribution in [0.25, 0.3) is 0 Å². The van der Waals surface area contributed by atoms with Crippen LogP contribution in [0.2, 0.25) is 0 Å². The largest absolute Gasteiger partial charge is 0.371 e. The van der Waals surface area contributed by atoms with Gasteiger partial charge in [0.1, 0.15) is 0 Å². The number of hydrogen-bond acceptors (Lipinski definition) is 2. The molecule has 0 radical (unpaired) electrons. The Labute approximate surface area is 129 Å². The van der Waals surface area contributed by atoms with Crippen LogP contribution >= 0.6 is 0 Å². The van der Waals surface area contributed by atoms with Crippen LogP contribution in [-0.2, 0) is 6.54 Å². The summed E-state index contributed by atoms with van der Waals surface area (Å²) >= 11 is 0. The summed E-state index contributed by atoms with van der Waals surface area (Å²) < 4.78 is 0. The molecule has 3 rings (SSSR count). The molecule has 2 fully saturated rings. The summed E-state index contributed by atoms with van der Waals surface area (Å²) in [5.74, 6) is 0.966. The molecule has 2 heteroatoms. The molecule has 1 N–H and O–H groups in total. The second kappa shape index (κ2) is 6.83. The molecule has 1 saturated carbocycles. The van der Waals surface area contributed by atoms with E-state index in [4.69, 9.17) is 0 Å². The topological polar surface area (TPSA) is 15.3 Å². The van der Waals surface area contributed by atoms with E-state index >= 15 is 0 Å². The monoisotopic (exact) mass is 286 g/mol. The van der Waals surface area contributed by atoms with Crippen LogP contribution < -0.4 is 10.2 Å². The van der Waals surface area contributed by atoms with Crippen molar-refractivity contribution in [3.8, 4) is 0 Å². The second-order valence-corrected chi connectivity index (χ2v) is 7.00. The van der Waals surface area contributed by atoms with Gasteiger partial charge in [-0.3, -0.25) is 0 Å². The average molecular weight is 286 g/mol. The normalized spacial score (nSPS) is 20.0. The van der Waals surface area contributed by atoms with Crippen LogP contribution in [0.4, 0.5) is 5.69 Å². The lowest BCUT2D eigenvalue weighted by Crippen LogP contribution is -2.34. The quantitative estimate of drug-likeness (QED) is 0.840. The van der Waals surface area contributed by atoms with Gasteiger partial charge in [0.15, 0.2) is 0 Å². The maximum absolute atomic E-state index is 3.61. The van der Waals surface area contributed by atoms with Gasteiger partial charge in [0, 0.05) is 31.4 Å². The van der Waals surface area contributed by atoms with Gasteiger partial charge in [0.05, 0.1) is 0 Å². The SMILES string of the molecule is CCCC1CCN(c2ccc(CNC3CC3)cc2C)CC1. The number of hydrogen-bond donors (Lipinski definition) is 1. The van der Waals surface area contributed by atoms with E-state index in [0.717, 1.165) is 18.5 Å². The van der Waals surface area contributed by atoms with E-state index in [1.807, 2.05) is 0 Å². The molecular weight excluding hydrogens is 256 g/mol. The fraction of sp³-hybridized carbons (Fsp3) is 0.684. The lowest BCUT2D eigenvalue weighted by molar-refractivity contribution is 0.378. The van der Waals surface area contributed by atoms with Crippen molar-refractivity contribution in [3.05, 3.63) is 29.3 Å². The van der Waals surface area contributed by atoms with Gasteiger partial charge in [0.25, 0.3) is 0 Å². The fourth-order valence-electron chi connectivity index (χ4n) is 3.60. The van der Waals surface area contributed by atoms with Gasteiger partial charge in [-0.25, -0.2) is 0 Å². The number of nitrogens with one attached hydrogen (secondary N) is 1. The number of piperidine rings is 1. The summed E-state index contributed by atoms with van der Waals surface area (Å²) in [5, 5.41) is 3.61. The molecule has 1 aliphatic heterocycles. The molecule has 1 aromatic rings. The van der Waals surface area contributed by atoms with E-state index in [1.54, 1.807) is 0 Å². The third kappa shape index (κ3) is 4.00. The third-order valence-electron chi connectivity index (χ3n) is 5.09. The van der Waals surface area contributed by atoms with Gasteiger partial charge < -0.3 is 10.2 Å². The van der Waals surface area contributed by atoms with Gasteiger partial charge in [0.2, 0.25) is 0 Å². The Kier molecular flexibility index (Phi) is 4.84. The van der Waals surface area contributed by atoms with E-state index in [9.17, 15) is 0 Å². The van der Waals surface area contributed by atoms with Gasteiger partial charge in [-0.2, -0.15) is 0 Å². The third-order valence-corrected chi connectivity index (χ3v) is 5.09. The highest BCUT2D eigenvalue weighted by molar-refractivity contribution is 5.54. The van der Waals surface area contributed by atoms with Crippen molar-refractivity contribution in [2.75, 3.05) is 18.0 Å². The highest BCUT2D eigenvalue weighted by Crippen LogP contribution is 2.29. The molecular formula is C19H30N2. The van der Waals surface area contributed by atoms with E-state index in [0.29, 0.717) is 0 Å². The highest BCUT2D eigenvalue weighted by atomic mass is 15.1. The first kappa shape index (κ1) is 14.9. The molecule has 0 bridgehead atoms. The lowest BCUT2D eigenvalue weighted by atomic mass is 9.92. The summed E-state index contributed by atoms with van der Waals surface area (Å²) in [4.78, 5) is 2.60. The Balaban J connectivity index is 1.57. The number of rotatable bonds is 6. The minimum absolute atomic E-state index is 0.794. The van der Waals surface area contributed by atoms with Crippen LogP contribution in [0, 0.1) is 12.8 Å². The molecule has 0 atom stereocenters. The Hall–Kier alpha value is -1.02. The molecule has 21 heavy (non-hydrogen) atoms. The Morgan fingerprint density at radius 3 is 2.52 bits per heavy atom. The van der Waals surface area contributed by atoms with Crippen LogP contribution in [0.1, 0.15) is 56.6 Å². The molecule has 1 aromatic carbocycles. The maximum Gasteiger partial charge on any atom is 0.0396 e. The molecule has 1 heterocycles. The van der Waals surface area contributed by atoms with Crippen LogP contribution in [-0.4, -0.2) is 19.1 Å². The van der Waals surface area contributed by atoms with Crippen molar-refractivity contribution < 1.29 is 0 Å². The van der Waals surface area contributed by atoms with E-state index < -0.39 is 0 Å². The van der Waals surface area contributed by atoms with Crippen molar-refractivity contribution in [2.45, 2.75) is 65.0 Å². The molecule has 116 valence electrons. The van der Waals surface area contributed by atoms with Crippen molar-refractivity contribution in [3.63, 3.8) is 0 Å². The Morgan fingerprint density at radius 1 is 1.14 bits per heavy atom. The van der Waals surface area contributed by atoms with Crippen molar-refractivity contribution in [1.82, 2.24) is 5.32 Å². The molecule has 0 unspecified atom stereocenters. The smallest absolute Gasteiger partial charge is 0.0396 e. The summed E-state index contributed by atoms with van der Waals surface area (Å²) in [6.45, 7) is 8.10. The van der Waals surface area contributed by atoms with Crippen LogP contribution in [0.5, 0.6) is 0 Å². The van der Waals surface area contributed by atoms with Gasteiger partial charge in [-0.1, -0.05) is 31.9 Å². The lowest BCUT2D eigenvalue weighted by Gasteiger charge is -2.34. The first-order chi connectivity index (χ1) is 10.3. The summed E-state index contributed by atoms with van der Waals surface area (Å²) in [6, 6.07) is 7.83. The highest BCUT2D eigenvalue weighted by Gasteiger charge is 2.21. The number of nitrogens with zero attached hydrogens (tertiary/aromatic N) is 1. The van der Waals surface area contributed by atoms with Crippen molar-refractivity contribution >= 4 is 5.69 Å². The average Bonchev–Trinajstić information content (AvgIpc) is 3.31. The zero-order chi connectivity index (χ0) is 14.7. The number of anilines is 1. The fourth-order valence-corrected chi connectivity index (χ4v) is 3.60. The van der Waals surface area contributed by atoms with E-state index in [-0.39, 0.29) is 0 Å². The zero-order valence-corrected chi connectivity index (χ0v) is 13.7. The molecule has 1 aliphatic carbocycles. The molecule has 0 amide bonds. The summed E-state index contributed by atoms with van der Waals surface area (Å²) in [5.41, 5.74) is 4.34. The second-order valence-electron chi connectivity index (χ2n) is 7.00. The molecule has 2 nitrogen and oxygen atoms in total. The summed E-state index contributed by atoms with van der Waals surface area (Å²) in [7, 11) is 0. The Bertz CT molecular complexity index is 457. The minimum atomic E-state index is 0.794. The van der Waals surface area contributed by atoms with E-state index in [2.05, 4.69) is 42.3 Å². The Morgan fingerprint density at radius 2 is 1.90 bits per heavy atom. The number of aryl methyl sites for hydroxylation is 1. The maximum atomic E-state index is 3.61. The number of benzene rings is 1. The van der Waals surface area contributed by atoms with Crippen molar-refractivity contribution in [1.29, 1.82) is 0 Å². The molecule has 1 saturated heterocycles. The van der Waals surface area contributed by atoms with Crippen molar-refractivity contribution in [2.24, 2.45) is 5.92 Å². The first-order valence-corrected chi connectivity index (χ1v) is 8.84. The predicted octanol–water partition coefficient (Wildman–Crippen LogP) is 4.26. The standard InChI is InChI=1S/C19H30N2/c1-3-4-16-9-11-21(12-10-16)19-8-5-17(13-15(19)2)14-20-18-6-7-18/h5,8,13,16,18,20H,3-4,6-7,9-12,14H2,1-2H3. The first-order valence-electron chi connectivity index (χ1n) is 8.84. The molecule has 2 aliphatic rings.